The second-order valence-electron chi connectivity index (χ2n) is 4.92. The minimum Gasteiger partial charge on any atom is -0.407 e. The molecule has 118 valence electrons. The summed E-state index contributed by atoms with van der Waals surface area (Å²) in [5.74, 6) is 0.126. The summed E-state index contributed by atoms with van der Waals surface area (Å²) in [6.45, 7) is 2.02. The average molecular weight is 329 g/mol. The maximum absolute atomic E-state index is 12.2. The Morgan fingerprint density at radius 3 is 2.83 bits per heavy atom. The van der Waals surface area contributed by atoms with Gasteiger partial charge in [0.25, 0.3) is 5.91 Å². The van der Waals surface area contributed by atoms with Crippen LogP contribution in [0.3, 0.4) is 0 Å². The van der Waals surface area contributed by atoms with E-state index in [2.05, 4.69) is 25.1 Å². The van der Waals surface area contributed by atoms with Crippen LogP contribution in [0, 0.1) is 0 Å². The Bertz CT molecular complexity index is 784. The van der Waals surface area contributed by atoms with E-state index in [9.17, 15) is 4.79 Å². The number of aryl methyl sites for hydroxylation is 1. The van der Waals surface area contributed by atoms with Crippen LogP contribution in [-0.2, 0) is 12.8 Å². The fraction of sp³-hybridized carbons (Fsp3) is 0.267. The molecule has 0 unspecified atom stereocenters. The van der Waals surface area contributed by atoms with E-state index in [1.807, 2.05) is 37.3 Å². The number of anilines is 1. The highest BCUT2D eigenvalue weighted by Gasteiger charge is 2.18. The molecule has 3 rings (SSSR count). The lowest BCUT2D eigenvalue weighted by molar-refractivity contribution is 0.102. The number of nitrogens with one attached hydrogen (secondary N) is 1. The quantitative estimate of drug-likeness (QED) is 0.747. The third-order valence-electron chi connectivity index (χ3n) is 3.13. The highest BCUT2D eigenvalue weighted by atomic mass is 32.1. The molecule has 0 bridgehead atoms. The van der Waals surface area contributed by atoms with E-state index in [4.69, 9.17) is 4.42 Å². The van der Waals surface area contributed by atoms with Crippen LogP contribution in [0.2, 0.25) is 0 Å². The summed E-state index contributed by atoms with van der Waals surface area (Å²) in [4.78, 5) is 12.7. The summed E-state index contributed by atoms with van der Waals surface area (Å²) in [7, 11) is 0. The summed E-state index contributed by atoms with van der Waals surface area (Å²) < 4.78 is 9.29. The van der Waals surface area contributed by atoms with Gasteiger partial charge in [0.05, 0.1) is 12.1 Å². The number of rotatable bonds is 6. The predicted molar refractivity (Wildman–Crippen MR) is 85.4 cm³/mol. The molecule has 1 amide bonds. The largest absolute Gasteiger partial charge is 0.407 e. The highest BCUT2D eigenvalue weighted by Crippen LogP contribution is 2.16. The highest BCUT2D eigenvalue weighted by molar-refractivity contribution is 7.08. The maximum atomic E-state index is 12.2. The first-order valence-corrected chi connectivity index (χ1v) is 8.02. The summed E-state index contributed by atoms with van der Waals surface area (Å²) >= 11 is 1.06. The van der Waals surface area contributed by atoms with Crippen molar-refractivity contribution < 1.29 is 9.21 Å². The molecular weight excluding hydrogens is 314 g/mol. The molecule has 0 aliphatic rings. The van der Waals surface area contributed by atoms with Crippen molar-refractivity contribution in [1.29, 1.82) is 0 Å². The molecule has 1 N–H and O–H groups in total. The van der Waals surface area contributed by atoms with Gasteiger partial charge >= 0.3 is 6.01 Å². The van der Waals surface area contributed by atoms with Gasteiger partial charge in [-0.1, -0.05) is 53.3 Å². The lowest BCUT2D eigenvalue weighted by Gasteiger charge is -1.99. The van der Waals surface area contributed by atoms with E-state index in [-0.39, 0.29) is 11.9 Å². The molecule has 23 heavy (non-hydrogen) atoms. The Kier molecular flexibility index (Phi) is 4.72. The van der Waals surface area contributed by atoms with Crippen LogP contribution in [0.4, 0.5) is 6.01 Å². The van der Waals surface area contributed by atoms with Gasteiger partial charge in [-0.2, -0.15) is 0 Å². The van der Waals surface area contributed by atoms with Crippen LogP contribution in [0.25, 0.3) is 0 Å². The molecule has 3 aromatic rings. The van der Waals surface area contributed by atoms with Crippen molar-refractivity contribution in [1.82, 2.24) is 19.8 Å². The fourth-order valence-corrected chi connectivity index (χ4v) is 2.68. The molecule has 1 aromatic carbocycles. The van der Waals surface area contributed by atoms with Crippen LogP contribution in [-0.4, -0.2) is 25.7 Å². The van der Waals surface area contributed by atoms with Crippen molar-refractivity contribution in [3.05, 3.63) is 52.4 Å². The number of hydrogen-bond acceptors (Lipinski definition) is 7. The van der Waals surface area contributed by atoms with Crippen molar-refractivity contribution in [3.63, 3.8) is 0 Å². The average Bonchev–Trinajstić information content (AvgIpc) is 3.18. The van der Waals surface area contributed by atoms with E-state index >= 15 is 0 Å². The molecule has 0 aliphatic carbocycles. The van der Waals surface area contributed by atoms with Crippen molar-refractivity contribution >= 4 is 23.5 Å². The van der Waals surface area contributed by atoms with E-state index in [0.29, 0.717) is 29.3 Å². The standard InChI is InChI=1S/C15H15N5O2S/c1-2-6-11-13(23-20-17-11)14(21)16-15-19-18-12(22-15)9-10-7-4-3-5-8-10/h3-5,7-8H,2,6,9H2,1H3,(H,16,19,21). The Morgan fingerprint density at radius 2 is 2.04 bits per heavy atom. The van der Waals surface area contributed by atoms with E-state index in [1.165, 1.54) is 0 Å². The van der Waals surface area contributed by atoms with Gasteiger partial charge in [0.1, 0.15) is 4.88 Å². The first-order valence-electron chi connectivity index (χ1n) is 7.25. The zero-order valence-electron chi connectivity index (χ0n) is 12.5. The minimum atomic E-state index is -0.321. The second kappa shape index (κ2) is 7.10. The zero-order valence-corrected chi connectivity index (χ0v) is 13.3. The number of carbonyl (C=O) groups is 1. The predicted octanol–water partition coefficient (Wildman–Crippen LogP) is 2.72. The maximum Gasteiger partial charge on any atom is 0.322 e. The molecule has 7 nitrogen and oxygen atoms in total. The summed E-state index contributed by atoms with van der Waals surface area (Å²) in [5, 5.41) is 14.4. The molecule has 2 heterocycles. The molecule has 0 spiro atoms. The lowest BCUT2D eigenvalue weighted by atomic mass is 10.2. The molecule has 0 fully saturated rings. The first-order chi connectivity index (χ1) is 11.3. The van der Waals surface area contributed by atoms with Gasteiger partial charge in [0.2, 0.25) is 5.89 Å². The van der Waals surface area contributed by atoms with Gasteiger partial charge in [-0.25, -0.2) is 0 Å². The molecule has 0 radical (unpaired) electrons. The van der Waals surface area contributed by atoms with Crippen LogP contribution in [0.15, 0.2) is 34.7 Å². The van der Waals surface area contributed by atoms with Crippen molar-refractivity contribution in [2.24, 2.45) is 0 Å². The smallest absolute Gasteiger partial charge is 0.322 e. The van der Waals surface area contributed by atoms with Crippen LogP contribution in [0.1, 0.15) is 40.2 Å². The summed E-state index contributed by atoms with van der Waals surface area (Å²) in [6.07, 6.45) is 2.13. The first kappa shape index (κ1) is 15.3. The third-order valence-corrected chi connectivity index (χ3v) is 3.90. The zero-order chi connectivity index (χ0) is 16.1. The summed E-state index contributed by atoms with van der Waals surface area (Å²) in [5.41, 5.74) is 1.75. The Balaban J connectivity index is 1.66. The SMILES string of the molecule is CCCc1nnsc1C(=O)Nc1nnc(Cc2ccccc2)o1. The molecule has 8 heteroatoms. The van der Waals surface area contributed by atoms with Crippen molar-refractivity contribution in [2.75, 3.05) is 5.32 Å². The lowest BCUT2D eigenvalue weighted by Crippen LogP contribution is -2.12. The monoisotopic (exact) mass is 329 g/mol. The van der Waals surface area contributed by atoms with Crippen LogP contribution in [0.5, 0.6) is 0 Å². The number of benzene rings is 1. The Morgan fingerprint density at radius 1 is 1.22 bits per heavy atom. The molecular formula is C15H15N5O2S. The Labute approximate surface area is 136 Å². The van der Waals surface area contributed by atoms with Gasteiger partial charge in [0, 0.05) is 0 Å². The minimum absolute atomic E-state index is 0.0804. The molecule has 0 atom stereocenters. The van der Waals surface area contributed by atoms with Crippen LogP contribution >= 0.6 is 11.5 Å². The van der Waals surface area contributed by atoms with E-state index in [1.54, 1.807) is 0 Å². The number of aromatic nitrogens is 4. The third kappa shape index (κ3) is 3.78. The number of carbonyl (C=O) groups excluding carboxylic acids is 1. The van der Waals surface area contributed by atoms with Gasteiger partial charge in [-0.15, -0.1) is 10.2 Å². The topological polar surface area (TPSA) is 93.8 Å². The number of nitrogens with zero attached hydrogens (tertiary/aromatic N) is 4. The van der Waals surface area contributed by atoms with Gasteiger partial charge in [-0.3, -0.25) is 10.1 Å². The molecule has 2 aromatic heterocycles. The Hall–Kier alpha value is -2.61. The fourth-order valence-electron chi connectivity index (χ4n) is 2.08. The summed E-state index contributed by atoms with van der Waals surface area (Å²) in [6, 6.07) is 9.86. The number of amides is 1. The van der Waals surface area contributed by atoms with Crippen LogP contribution < -0.4 is 5.32 Å². The van der Waals surface area contributed by atoms with E-state index in [0.717, 1.165) is 23.5 Å². The second-order valence-corrected chi connectivity index (χ2v) is 5.67. The van der Waals surface area contributed by atoms with Gasteiger partial charge in [0.15, 0.2) is 0 Å². The molecule has 0 saturated carbocycles. The normalized spacial score (nSPS) is 10.7. The van der Waals surface area contributed by atoms with Gasteiger partial charge < -0.3 is 4.42 Å². The van der Waals surface area contributed by atoms with Gasteiger partial charge in [-0.05, 0) is 23.5 Å². The number of hydrogen-bond donors (Lipinski definition) is 1. The van der Waals surface area contributed by atoms with Crippen molar-refractivity contribution in [3.8, 4) is 0 Å². The van der Waals surface area contributed by atoms with Crippen molar-refractivity contribution in [2.45, 2.75) is 26.2 Å². The molecule has 0 aliphatic heterocycles. The molecule has 0 saturated heterocycles. The van der Waals surface area contributed by atoms with E-state index < -0.39 is 0 Å².